The summed E-state index contributed by atoms with van der Waals surface area (Å²) in [5.74, 6) is 0.277. The second-order valence-electron chi connectivity index (χ2n) is 3.75. The van der Waals surface area contributed by atoms with Crippen molar-refractivity contribution in [3.63, 3.8) is 0 Å². The van der Waals surface area contributed by atoms with Gasteiger partial charge < -0.3 is 15.0 Å². The van der Waals surface area contributed by atoms with Gasteiger partial charge in [-0.05, 0) is 29.8 Å². The van der Waals surface area contributed by atoms with Crippen LogP contribution in [0.3, 0.4) is 0 Å². The van der Waals surface area contributed by atoms with Gasteiger partial charge in [-0.25, -0.2) is 0 Å². The normalized spacial score (nSPS) is 10.1. The Morgan fingerprint density at radius 2 is 2.28 bits per heavy atom. The van der Waals surface area contributed by atoms with E-state index < -0.39 is 0 Å². The number of ether oxygens (including phenoxy) is 1. The lowest BCUT2D eigenvalue weighted by Crippen LogP contribution is -2.23. The second kappa shape index (κ2) is 5.60. The average Bonchev–Trinajstić information content (AvgIpc) is 2.88. The standard InChI is InChI=1S/C13H13ClN2O2/c1-18-12-6-10(14)2-3-11(12)13(17)16-8-9-4-5-15-7-9/h2-7,15H,8H2,1H3,(H,16,17). The third-order valence-electron chi connectivity index (χ3n) is 2.52. The van der Waals surface area contributed by atoms with Gasteiger partial charge in [0.2, 0.25) is 0 Å². The van der Waals surface area contributed by atoms with E-state index in [1.807, 2.05) is 18.5 Å². The average molecular weight is 265 g/mol. The minimum atomic E-state index is -0.190. The van der Waals surface area contributed by atoms with Crippen molar-refractivity contribution in [2.75, 3.05) is 7.11 Å². The number of carbonyl (C=O) groups is 1. The van der Waals surface area contributed by atoms with Crippen LogP contribution in [-0.2, 0) is 6.54 Å². The predicted molar refractivity (Wildman–Crippen MR) is 70.0 cm³/mol. The van der Waals surface area contributed by atoms with Crippen molar-refractivity contribution >= 4 is 17.5 Å². The van der Waals surface area contributed by atoms with Gasteiger partial charge in [-0.2, -0.15) is 0 Å². The number of hydrogen-bond acceptors (Lipinski definition) is 2. The Balaban J connectivity index is 2.09. The van der Waals surface area contributed by atoms with Crippen molar-refractivity contribution in [2.45, 2.75) is 6.54 Å². The molecule has 0 radical (unpaired) electrons. The van der Waals surface area contributed by atoms with Crippen molar-refractivity contribution in [2.24, 2.45) is 0 Å². The van der Waals surface area contributed by atoms with E-state index >= 15 is 0 Å². The number of rotatable bonds is 4. The molecule has 94 valence electrons. The molecule has 0 spiro atoms. The first-order chi connectivity index (χ1) is 8.70. The first kappa shape index (κ1) is 12.5. The van der Waals surface area contributed by atoms with Crippen molar-refractivity contribution in [1.29, 1.82) is 0 Å². The Labute approximate surface area is 110 Å². The predicted octanol–water partition coefficient (Wildman–Crippen LogP) is 2.61. The second-order valence-corrected chi connectivity index (χ2v) is 4.18. The summed E-state index contributed by atoms with van der Waals surface area (Å²) in [6, 6.07) is 6.83. The fourth-order valence-electron chi connectivity index (χ4n) is 1.60. The Morgan fingerprint density at radius 3 is 2.94 bits per heavy atom. The first-order valence-corrected chi connectivity index (χ1v) is 5.82. The molecule has 0 saturated carbocycles. The Hall–Kier alpha value is -1.94. The molecule has 1 heterocycles. The van der Waals surface area contributed by atoms with Gasteiger partial charge in [0.05, 0.1) is 12.7 Å². The molecule has 1 amide bonds. The van der Waals surface area contributed by atoms with Crippen molar-refractivity contribution < 1.29 is 9.53 Å². The number of nitrogens with one attached hydrogen (secondary N) is 2. The molecule has 0 aliphatic carbocycles. The summed E-state index contributed by atoms with van der Waals surface area (Å²) < 4.78 is 5.13. The molecule has 0 bridgehead atoms. The van der Waals surface area contributed by atoms with E-state index in [0.29, 0.717) is 22.9 Å². The SMILES string of the molecule is COc1cc(Cl)ccc1C(=O)NCc1cc[nH]c1. The van der Waals surface area contributed by atoms with Crippen LogP contribution in [0.1, 0.15) is 15.9 Å². The number of hydrogen-bond donors (Lipinski definition) is 2. The maximum Gasteiger partial charge on any atom is 0.255 e. The quantitative estimate of drug-likeness (QED) is 0.892. The van der Waals surface area contributed by atoms with Crippen LogP contribution in [0.2, 0.25) is 5.02 Å². The maximum absolute atomic E-state index is 12.0. The smallest absolute Gasteiger partial charge is 0.255 e. The summed E-state index contributed by atoms with van der Waals surface area (Å²) in [6.45, 7) is 0.466. The highest BCUT2D eigenvalue weighted by molar-refractivity contribution is 6.30. The number of methoxy groups -OCH3 is 1. The highest BCUT2D eigenvalue weighted by atomic mass is 35.5. The number of aromatic nitrogens is 1. The number of aromatic amines is 1. The van der Waals surface area contributed by atoms with Gasteiger partial charge in [-0.15, -0.1) is 0 Å². The fourth-order valence-corrected chi connectivity index (χ4v) is 1.76. The zero-order valence-electron chi connectivity index (χ0n) is 9.87. The zero-order valence-corrected chi connectivity index (χ0v) is 10.6. The van der Waals surface area contributed by atoms with Gasteiger partial charge in [0.25, 0.3) is 5.91 Å². The number of carbonyl (C=O) groups excluding carboxylic acids is 1. The van der Waals surface area contributed by atoms with E-state index in [4.69, 9.17) is 16.3 Å². The van der Waals surface area contributed by atoms with E-state index in [-0.39, 0.29) is 5.91 Å². The van der Waals surface area contributed by atoms with Gasteiger partial charge in [0.15, 0.2) is 0 Å². The molecule has 0 unspecified atom stereocenters. The number of H-pyrrole nitrogens is 1. The van der Waals surface area contributed by atoms with Crippen LogP contribution in [0.15, 0.2) is 36.7 Å². The number of amides is 1. The molecule has 0 atom stereocenters. The van der Waals surface area contributed by atoms with Crippen molar-refractivity contribution in [3.05, 3.63) is 52.8 Å². The van der Waals surface area contributed by atoms with Crippen LogP contribution in [0, 0.1) is 0 Å². The summed E-state index contributed by atoms with van der Waals surface area (Å²) in [5, 5.41) is 3.35. The van der Waals surface area contributed by atoms with E-state index in [1.54, 1.807) is 18.2 Å². The molecule has 1 aromatic carbocycles. The molecule has 0 saturated heterocycles. The Kier molecular flexibility index (Phi) is 3.89. The molecule has 0 aliphatic rings. The third-order valence-corrected chi connectivity index (χ3v) is 2.76. The molecular formula is C13H13ClN2O2. The summed E-state index contributed by atoms with van der Waals surface area (Å²) in [4.78, 5) is 14.9. The molecule has 0 aliphatic heterocycles. The topological polar surface area (TPSA) is 54.1 Å². The Morgan fingerprint density at radius 1 is 1.44 bits per heavy atom. The zero-order chi connectivity index (χ0) is 13.0. The largest absolute Gasteiger partial charge is 0.496 e. The molecule has 2 N–H and O–H groups in total. The Bertz CT molecular complexity index is 538. The lowest BCUT2D eigenvalue weighted by atomic mass is 10.2. The first-order valence-electron chi connectivity index (χ1n) is 5.44. The summed E-state index contributed by atoms with van der Waals surface area (Å²) in [7, 11) is 1.51. The van der Waals surface area contributed by atoms with Gasteiger partial charge >= 0.3 is 0 Å². The lowest BCUT2D eigenvalue weighted by molar-refractivity contribution is 0.0948. The lowest BCUT2D eigenvalue weighted by Gasteiger charge is -2.09. The monoisotopic (exact) mass is 264 g/mol. The third kappa shape index (κ3) is 2.84. The minimum Gasteiger partial charge on any atom is -0.496 e. The molecule has 4 nitrogen and oxygen atoms in total. The molecule has 5 heteroatoms. The summed E-state index contributed by atoms with van der Waals surface area (Å²) in [6.07, 6.45) is 3.64. The number of benzene rings is 1. The van der Waals surface area contributed by atoms with Crippen LogP contribution in [0.25, 0.3) is 0 Å². The van der Waals surface area contributed by atoms with Gasteiger partial charge in [-0.3, -0.25) is 4.79 Å². The summed E-state index contributed by atoms with van der Waals surface area (Å²) >= 11 is 5.84. The number of halogens is 1. The fraction of sp³-hybridized carbons (Fsp3) is 0.154. The molecule has 2 aromatic rings. The minimum absolute atomic E-state index is 0.190. The highest BCUT2D eigenvalue weighted by Crippen LogP contribution is 2.22. The maximum atomic E-state index is 12.0. The highest BCUT2D eigenvalue weighted by Gasteiger charge is 2.12. The van der Waals surface area contributed by atoms with Crippen molar-refractivity contribution in [1.82, 2.24) is 10.3 Å². The van der Waals surface area contributed by atoms with Crippen LogP contribution >= 0.6 is 11.6 Å². The van der Waals surface area contributed by atoms with Gasteiger partial charge in [0.1, 0.15) is 5.75 Å². The molecule has 18 heavy (non-hydrogen) atoms. The molecular weight excluding hydrogens is 252 g/mol. The van der Waals surface area contributed by atoms with E-state index in [9.17, 15) is 4.79 Å². The van der Waals surface area contributed by atoms with Crippen LogP contribution in [0.5, 0.6) is 5.75 Å². The van der Waals surface area contributed by atoms with Gasteiger partial charge in [0, 0.05) is 24.0 Å². The molecule has 0 fully saturated rings. The van der Waals surface area contributed by atoms with E-state index in [1.165, 1.54) is 7.11 Å². The van der Waals surface area contributed by atoms with Crippen molar-refractivity contribution in [3.8, 4) is 5.75 Å². The van der Waals surface area contributed by atoms with Crippen LogP contribution < -0.4 is 10.1 Å². The van der Waals surface area contributed by atoms with Crippen LogP contribution in [-0.4, -0.2) is 18.0 Å². The van der Waals surface area contributed by atoms with Gasteiger partial charge in [-0.1, -0.05) is 11.6 Å². The molecule has 1 aromatic heterocycles. The van der Waals surface area contributed by atoms with E-state index in [2.05, 4.69) is 10.3 Å². The van der Waals surface area contributed by atoms with E-state index in [0.717, 1.165) is 5.56 Å². The summed E-state index contributed by atoms with van der Waals surface area (Å²) in [5.41, 5.74) is 1.48. The van der Waals surface area contributed by atoms with Crippen LogP contribution in [0.4, 0.5) is 0 Å². The molecule has 2 rings (SSSR count).